The molecule has 0 saturated heterocycles. The molecule has 0 aliphatic rings. The number of hydrogen-bond donors (Lipinski definition) is 0. The Labute approximate surface area is 109 Å². The zero-order valence-corrected chi connectivity index (χ0v) is 7.30. The standard InChI is InChI=1S/C5H10.C5H8.6CH4/c2*1-3-5-4-2;;;;;;/h3,5H,4H2,1-2H3;3-5H,1H2,2H3;6*1H4. The van der Waals surface area contributed by atoms with Crippen molar-refractivity contribution in [3.8, 4) is 0 Å². The molecule has 0 aliphatic heterocycles. The molecule has 0 heteroatoms. The van der Waals surface area contributed by atoms with Crippen LogP contribution >= 0.6 is 0 Å². The van der Waals surface area contributed by atoms with Crippen molar-refractivity contribution in [3.05, 3.63) is 37.0 Å². The fourth-order valence-electron chi connectivity index (χ4n) is 0.372. The largest absolute Gasteiger partial charge is 0.0991 e. The first-order chi connectivity index (χ1) is 4.83. The van der Waals surface area contributed by atoms with E-state index in [2.05, 4.69) is 25.7 Å². The van der Waals surface area contributed by atoms with Crippen molar-refractivity contribution in [2.24, 2.45) is 0 Å². The Kier molecular flexibility index (Phi) is 337. The average Bonchev–Trinajstić information content (AvgIpc) is 1.93. The van der Waals surface area contributed by atoms with E-state index >= 15 is 0 Å². The zero-order chi connectivity index (χ0) is 8.24. The van der Waals surface area contributed by atoms with Gasteiger partial charge in [-0.2, -0.15) is 0 Å². The number of hydrogen-bond acceptors (Lipinski definition) is 0. The molecule has 0 aromatic carbocycles. The van der Waals surface area contributed by atoms with Crippen molar-refractivity contribution < 1.29 is 0 Å². The highest BCUT2D eigenvalue weighted by atomic mass is 13.6. The van der Waals surface area contributed by atoms with Crippen LogP contribution in [0.25, 0.3) is 0 Å². The first-order valence-electron chi connectivity index (χ1n) is 3.68. The van der Waals surface area contributed by atoms with Crippen molar-refractivity contribution in [1.82, 2.24) is 0 Å². The zero-order valence-electron chi connectivity index (χ0n) is 7.30. The summed E-state index contributed by atoms with van der Waals surface area (Å²) in [5.74, 6) is 0. The van der Waals surface area contributed by atoms with Crippen molar-refractivity contribution in [2.45, 2.75) is 71.8 Å². The smallest absolute Gasteiger partial charge is 0.0379 e. The van der Waals surface area contributed by atoms with Gasteiger partial charge in [-0.05, 0) is 20.3 Å². The molecule has 0 aromatic rings. The molecule has 0 fully saturated rings. The topological polar surface area (TPSA) is 0 Å². The Hall–Kier alpha value is -0.780. The van der Waals surface area contributed by atoms with Crippen LogP contribution in [0.5, 0.6) is 0 Å². The Morgan fingerprint density at radius 2 is 1.19 bits per heavy atom. The van der Waals surface area contributed by atoms with Gasteiger partial charge in [-0.3, -0.25) is 0 Å². The molecule has 0 saturated carbocycles. The van der Waals surface area contributed by atoms with Gasteiger partial charge in [0.2, 0.25) is 0 Å². The summed E-state index contributed by atoms with van der Waals surface area (Å²) in [7, 11) is 0. The average molecular weight is 235 g/mol. The van der Waals surface area contributed by atoms with Gasteiger partial charge in [-0.1, -0.05) is 88.4 Å². The van der Waals surface area contributed by atoms with E-state index < -0.39 is 0 Å². The summed E-state index contributed by atoms with van der Waals surface area (Å²) in [5, 5.41) is 0. The molecule has 0 atom stereocenters. The second-order valence-corrected chi connectivity index (χ2v) is 1.74. The second kappa shape index (κ2) is 91.2. The first-order valence-corrected chi connectivity index (χ1v) is 3.68. The van der Waals surface area contributed by atoms with Gasteiger partial charge in [0.1, 0.15) is 0 Å². The summed E-state index contributed by atoms with van der Waals surface area (Å²) in [6.07, 6.45) is 10.9. The molecule has 0 unspecified atom stereocenters. The van der Waals surface area contributed by atoms with Crippen LogP contribution in [-0.2, 0) is 0 Å². The van der Waals surface area contributed by atoms with Crippen LogP contribution in [0.15, 0.2) is 37.0 Å². The van der Waals surface area contributed by atoms with Gasteiger partial charge in [0.05, 0.1) is 0 Å². The molecule has 16 heavy (non-hydrogen) atoms. The molecule has 0 bridgehead atoms. The predicted molar refractivity (Wildman–Crippen MR) is 90.5 cm³/mol. The molecule has 0 aromatic heterocycles. The van der Waals surface area contributed by atoms with E-state index in [0.29, 0.717) is 0 Å². The third-order valence-electron chi connectivity index (χ3n) is 0.800. The number of allylic oxidation sites excluding steroid dienone is 5. The van der Waals surface area contributed by atoms with Gasteiger partial charge in [0, 0.05) is 0 Å². The predicted octanol–water partition coefficient (Wildman–Crippen LogP) is 7.54. The van der Waals surface area contributed by atoms with Crippen LogP contribution in [0.1, 0.15) is 71.8 Å². The van der Waals surface area contributed by atoms with Crippen molar-refractivity contribution in [1.29, 1.82) is 0 Å². The van der Waals surface area contributed by atoms with E-state index in [0.717, 1.165) is 6.42 Å². The third-order valence-corrected chi connectivity index (χ3v) is 0.800. The SMILES string of the molecule is C.C.C.C.C.C.C=CC=CC.CC=CCC. The summed E-state index contributed by atoms with van der Waals surface area (Å²) < 4.78 is 0. The van der Waals surface area contributed by atoms with Gasteiger partial charge in [0.25, 0.3) is 0 Å². The highest BCUT2D eigenvalue weighted by molar-refractivity contribution is 4.94. The fraction of sp³-hybridized carbons (Fsp3) is 0.625. The van der Waals surface area contributed by atoms with Gasteiger partial charge < -0.3 is 0 Å². The molecule has 0 nitrogen and oxygen atoms in total. The molecule has 0 N–H and O–H groups in total. The second-order valence-electron chi connectivity index (χ2n) is 1.74. The maximum atomic E-state index is 3.46. The van der Waals surface area contributed by atoms with E-state index in [1.165, 1.54) is 0 Å². The lowest BCUT2D eigenvalue weighted by Gasteiger charge is -1.65. The van der Waals surface area contributed by atoms with Crippen molar-refractivity contribution in [2.75, 3.05) is 0 Å². The molecule has 0 rings (SSSR count). The van der Waals surface area contributed by atoms with Crippen LogP contribution in [0.3, 0.4) is 0 Å². The fourth-order valence-corrected chi connectivity index (χ4v) is 0.372. The van der Waals surface area contributed by atoms with Crippen molar-refractivity contribution in [3.63, 3.8) is 0 Å². The summed E-state index contributed by atoms with van der Waals surface area (Å²) in [6, 6.07) is 0. The quantitative estimate of drug-likeness (QED) is 0.342. The molecule has 106 valence electrons. The van der Waals surface area contributed by atoms with Gasteiger partial charge in [0.15, 0.2) is 0 Å². The third kappa shape index (κ3) is 190. The Morgan fingerprint density at radius 3 is 1.19 bits per heavy atom. The number of rotatable bonds is 2. The molecular weight excluding hydrogens is 192 g/mol. The van der Waals surface area contributed by atoms with Gasteiger partial charge in [-0.25, -0.2) is 0 Å². The lowest BCUT2D eigenvalue weighted by atomic mass is 10.4. The summed E-state index contributed by atoms with van der Waals surface area (Å²) in [4.78, 5) is 0. The molecule has 0 amide bonds. The van der Waals surface area contributed by atoms with Gasteiger partial charge >= 0.3 is 0 Å². The minimum atomic E-state index is 0. The highest BCUT2D eigenvalue weighted by Gasteiger charge is 1.52. The summed E-state index contributed by atoms with van der Waals surface area (Å²) in [5.41, 5.74) is 0. The van der Waals surface area contributed by atoms with Crippen LogP contribution < -0.4 is 0 Å². The van der Waals surface area contributed by atoms with Crippen LogP contribution in [0.4, 0.5) is 0 Å². The molecular formula is C16H42. The summed E-state index contributed by atoms with van der Waals surface area (Å²) in [6.45, 7) is 9.58. The first kappa shape index (κ1) is 59.0. The van der Waals surface area contributed by atoms with E-state index in [4.69, 9.17) is 0 Å². The Bertz CT molecular complexity index is 96.6. The molecule has 0 spiro atoms. The van der Waals surface area contributed by atoms with E-state index in [-0.39, 0.29) is 44.6 Å². The van der Waals surface area contributed by atoms with E-state index in [9.17, 15) is 0 Å². The van der Waals surface area contributed by atoms with Crippen LogP contribution in [0, 0.1) is 0 Å². The Balaban J connectivity index is -0.00000000970. The molecule has 0 radical (unpaired) electrons. The van der Waals surface area contributed by atoms with Gasteiger partial charge in [-0.15, -0.1) is 0 Å². The minimum absolute atomic E-state index is 0. The van der Waals surface area contributed by atoms with Crippen LogP contribution in [-0.4, -0.2) is 0 Å². The molecule has 0 heterocycles. The van der Waals surface area contributed by atoms with Crippen LogP contribution in [0.2, 0.25) is 0 Å². The maximum absolute atomic E-state index is 3.46. The minimum Gasteiger partial charge on any atom is -0.0991 e. The normalized spacial score (nSPS) is 5.94. The lowest BCUT2D eigenvalue weighted by Crippen LogP contribution is -1.43. The highest BCUT2D eigenvalue weighted by Crippen LogP contribution is 1.73. The summed E-state index contributed by atoms with van der Waals surface area (Å²) >= 11 is 0. The maximum Gasteiger partial charge on any atom is -0.0379 e. The van der Waals surface area contributed by atoms with E-state index in [1.54, 1.807) is 6.08 Å². The monoisotopic (exact) mass is 234 g/mol. The van der Waals surface area contributed by atoms with E-state index in [1.807, 2.05) is 26.0 Å². The Morgan fingerprint density at radius 1 is 0.812 bits per heavy atom. The van der Waals surface area contributed by atoms with Crippen molar-refractivity contribution >= 4 is 0 Å². The lowest BCUT2D eigenvalue weighted by molar-refractivity contribution is 1.22. The molecule has 0 aliphatic carbocycles.